The minimum Gasteiger partial charge on any atom is -0.493 e. The van der Waals surface area contributed by atoms with Gasteiger partial charge in [0.25, 0.3) is 0 Å². The highest BCUT2D eigenvalue weighted by Crippen LogP contribution is 2.26. The molecule has 3 rings (SSSR count). The van der Waals surface area contributed by atoms with Crippen LogP contribution in [-0.2, 0) is 0 Å². The fourth-order valence-corrected chi connectivity index (χ4v) is 2.63. The van der Waals surface area contributed by atoms with Crippen molar-refractivity contribution in [3.05, 3.63) is 102 Å². The van der Waals surface area contributed by atoms with E-state index < -0.39 is 5.97 Å². The van der Waals surface area contributed by atoms with E-state index in [1.807, 2.05) is 36.4 Å². The second kappa shape index (κ2) is 7.47. The van der Waals surface area contributed by atoms with Gasteiger partial charge in [-0.1, -0.05) is 60.7 Å². The highest BCUT2D eigenvalue weighted by Gasteiger charge is 2.15. The molecule has 0 saturated carbocycles. The Hall–Kier alpha value is -3.07. The first kappa shape index (κ1) is 15.8. The molecule has 3 aromatic rings. The Labute approximate surface area is 141 Å². The lowest BCUT2D eigenvalue weighted by molar-refractivity contribution is 0.0697. The molecule has 24 heavy (non-hydrogen) atoms. The van der Waals surface area contributed by atoms with Crippen molar-refractivity contribution in [3.8, 4) is 5.75 Å². The predicted molar refractivity (Wildman–Crippen MR) is 93.6 cm³/mol. The summed E-state index contributed by atoms with van der Waals surface area (Å²) in [7, 11) is 0. The number of aromatic carboxylic acids is 1. The van der Waals surface area contributed by atoms with Crippen LogP contribution < -0.4 is 4.74 Å². The molecule has 0 spiro atoms. The molecule has 120 valence electrons. The van der Waals surface area contributed by atoms with Crippen molar-refractivity contribution in [2.45, 2.75) is 5.92 Å². The van der Waals surface area contributed by atoms with Crippen molar-refractivity contribution < 1.29 is 14.6 Å². The van der Waals surface area contributed by atoms with Crippen LogP contribution in [0.3, 0.4) is 0 Å². The summed E-state index contributed by atoms with van der Waals surface area (Å²) < 4.78 is 5.92. The lowest BCUT2D eigenvalue weighted by Crippen LogP contribution is -2.12. The number of hydrogen-bond donors (Lipinski definition) is 1. The Kier molecular flexibility index (Phi) is 4.92. The number of hydrogen-bond acceptors (Lipinski definition) is 2. The molecular formula is C21H18O3. The number of benzene rings is 3. The summed E-state index contributed by atoms with van der Waals surface area (Å²) in [4.78, 5) is 10.9. The zero-order valence-corrected chi connectivity index (χ0v) is 13.1. The summed E-state index contributed by atoms with van der Waals surface area (Å²) in [5.74, 6) is -0.156. The van der Waals surface area contributed by atoms with Gasteiger partial charge in [-0.05, 0) is 35.4 Å². The molecule has 0 unspecified atom stereocenters. The molecule has 0 aliphatic carbocycles. The lowest BCUT2D eigenvalue weighted by Gasteiger charge is -2.19. The Balaban J connectivity index is 1.79. The molecule has 0 aliphatic rings. The average molecular weight is 318 g/mol. The van der Waals surface area contributed by atoms with E-state index in [0.717, 1.165) is 0 Å². The lowest BCUT2D eigenvalue weighted by atomic mass is 9.92. The second-order valence-electron chi connectivity index (χ2n) is 5.51. The van der Waals surface area contributed by atoms with Gasteiger partial charge in [-0.15, -0.1) is 0 Å². The van der Waals surface area contributed by atoms with Gasteiger partial charge in [-0.3, -0.25) is 0 Å². The van der Waals surface area contributed by atoms with Crippen LogP contribution in [0.15, 0.2) is 84.9 Å². The van der Waals surface area contributed by atoms with E-state index >= 15 is 0 Å². The molecule has 0 saturated heterocycles. The largest absolute Gasteiger partial charge is 0.493 e. The summed E-state index contributed by atoms with van der Waals surface area (Å²) in [6, 6.07) is 26.9. The number of carboxylic acid groups (broad SMARTS) is 1. The molecule has 0 aliphatic heterocycles. The van der Waals surface area contributed by atoms with E-state index in [4.69, 9.17) is 9.84 Å². The first-order valence-electron chi connectivity index (χ1n) is 7.80. The normalized spacial score (nSPS) is 10.5. The van der Waals surface area contributed by atoms with Crippen molar-refractivity contribution in [1.29, 1.82) is 0 Å². The summed E-state index contributed by atoms with van der Waals surface area (Å²) in [6.45, 7) is 0.487. The quantitative estimate of drug-likeness (QED) is 0.723. The molecule has 0 bridgehead atoms. The van der Waals surface area contributed by atoms with Gasteiger partial charge in [0.05, 0.1) is 12.2 Å². The van der Waals surface area contributed by atoms with Crippen LogP contribution in [0.2, 0.25) is 0 Å². The first-order chi connectivity index (χ1) is 11.7. The third-order valence-electron chi connectivity index (χ3n) is 3.92. The Morgan fingerprint density at radius 2 is 1.29 bits per heavy atom. The number of ether oxygens (including phenoxy) is 1. The van der Waals surface area contributed by atoms with Crippen molar-refractivity contribution in [2.75, 3.05) is 6.61 Å². The molecular weight excluding hydrogens is 300 g/mol. The average Bonchev–Trinajstić information content (AvgIpc) is 2.64. The molecule has 0 radical (unpaired) electrons. The topological polar surface area (TPSA) is 46.5 Å². The molecule has 0 atom stereocenters. The Bertz CT molecular complexity index is 741. The van der Waals surface area contributed by atoms with Crippen molar-refractivity contribution in [2.24, 2.45) is 0 Å². The minimum absolute atomic E-state index is 0.117. The van der Waals surface area contributed by atoms with Crippen LogP contribution in [-0.4, -0.2) is 17.7 Å². The zero-order valence-electron chi connectivity index (χ0n) is 13.1. The molecule has 3 aromatic carbocycles. The van der Waals surface area contributed by atoms with Gasteiger partial charge in [0.15, 0.2) is 0 Å². The van der Waals surface area contributed by atoms with Crippen LogP contribution in [0.25, 0.3) is 0 Å². The molecule has 0 heterocycles. The molecule has 3 nitrogen and oxygen atoms in total. The number of rotatable bonds is 6. The standard InChI is InChI=1S/C21H18O3/c22-21(23)18-11-13-19(14-12-18)24-15-20(16-7-3-1-4-8-16)17-9-5-2-6-10-17/h1-14,20H,15H2,(H,22,23). The molecule has 0 amide bonds. The van der Waals surface area contributed by atoms with E-state index in [1.165, 1.54) is 11.1 Å². The highest BCUT2D eigenvalue weighted by molar-refractivity contribution is 5.87. The van der Waals surface area contributed by atoms with E-state index in [0.29, 0.717) is 12.4 Å². The van der Waals surface area contributed by atoms with Gasteiger partial charge >= 0.3 is 5.97 Å². The second-order valence-corrected chi connectivity index (χ2v) is 5.51. The number of carboxylic acids is 1. The maximum atomic E-state index is 10.9. The van der Waals surface area contributed by atoms with Gasteiger partial charge in [0, 0.05) is 5.92 Å². The Morgan fingerprint density at radius 1 is 0.792 bits per heavy atom. The smallest absolute Gasteiger partial charge is 0.335 e. The number of carbonyl (C=O) groups is 1. The fourth-order valence-electron chi connectivity index (χ4n) is 2.63. The molecule has 1 N–H and O–H groups in total. The van der Waals surface area contributed by atoms with Crippen molar-refractivity contribution in [1.82, 2.24) is 0 Å². The first-order valence-corrected chi connectivity index (χ1v) is 7.80. The molecule has 0 fully saturated rings. The summed E-state index contributed by atoms with van der Waals surface area (Å²) >= 11 is 0. The third kappa shape index (κ3) is 3.82. The van der Waals surface area contributed by atoms with E-state index in [1.54, 1.807) is 24.3 Å². The van der Waals surface area contributed by atoms with E-state index in [2.05, 4.69) is 24.3 Å². The van der Waals surface area contributed by atoms with Gasteiger partial charge in [0.1, 0.15) is 5.75 Å². The van der Waals surface area contributed by atoms with Gasteiger partial charge in [0.2, 0.25) is 0 Å². The molecule has 3 heteroatoms. The maximum absolute atomic E-state index is 10.9. The monoisotopic (exact) mass is 318 g/mol. The van der Waals surface area contributed by atoms with Gasteiger partial charge in [-0.25, -0.2) is 4.79 Å². The summed E-state index contributed by atoms with van der Waals surface area (Å²) in [6.07, 6.45) is 0. The van der Waals surface area contributed by atoms with Crippen LogP contribution in [0.5, 0.6) is 5.75 Å². The Morgan fingerprint density at radius 3 is 1.75 bits per heavy atom. The predicted octanol–water partition coefficient (Wildman–Crippen LogP) is 4.60. The van der Waals surface area contributed by atoms with Crippen molar-refractivity contribution in [3.63, 3.8) is 0 Å². The third-order valence-corrected chi connectivity index (χ3v) is 3.92. The van der Waals surface area contributed by atoms with E-state index in [-0.39, 0.29) is 11.5 Å². The van der Waals surface area contributed by atoms with Crippen LogP contribution in [0, 0.1) is 0 Å². The summed E-state index contributed by atoms with van der Waals surface area (Å²) in [5, 5.41) is 8.95. The SMILES string of the molecule is O=C(O)c1ccc(OCC(c2ccccc2)c2ccccc2)cc1. The van der Waals surface area contributed by atoms with Crippen molar-refractivity contribution >= 4 is 5.97 Å². The highest BCUT2D eigenvalue weighted by atomic mass is 16.5. The zero-order chi connectivity index (χ0) is 16.8. The van der Waals surface area contributed by atoms with Gasteiger partial charge in [-0.2, -0.15) is 0 Å². The molecule has 0 aromatic heterocycles. The van der Waals surface area contributed by atoms with Crippen LogP contribution >= 0.6 is 0 Å². The minimum atomic E-state index is -0.937. The fraction of sp³-hybridized carbons (Fsp3) is 0.0952. The van der Waals surface area contributed by atoms with Crippen LogP contribution in [0.4, 0.5) is 0 Å². The maximum Gasteiger partial charge on any atom is 0.335 e. The van der Waals surface area contributed by atoms with E-state index in [9.17, 15) is 4.79 Å². The van der Waals surface area contributed by atoms with Gasteiger partial charge < -0.3 is 9.84 Å². The van der Waals surface area contributed by atoms with Crippen LogP contribution in [0.1, 0.15) is 27.4 Å². The summed E-state index contributed by atoms with van der Waals surface area (Å²) in [5.41, 5.74) is 2.63.